The molecule has 0 aromatic carbocycles. The van der Waals surface area contributed by atoms with Crippen LogP contribution in [-0.4, -0.2) is 47.1 Å². The number of aliphatic hydroxyl groups is 1. The van der Waals surface area contributed by atoms with Crippen LogP contribution in [-0.2, 0) is 4.79 Å². The maximum absolute atomic E-state index is 11.6. The van der Waals surface area contributed by atoms with Crippen LogP contribution >= 0.6 is 11.8 Å². The number of thioether (sulfide) groups is 1. The number of hydrogen-bond acceptors (Lipinski definition) is 3. The van der Waals surface area contributed by atoms with Gasteiger partial charge in [-0.3, -0.25) is 4.79 Å². The zero-order chi connectivity index (χ0) is 11.3. The molecule has 1 rings (SSSR count). The van der Waals surface area contributed by atoms with Crippen molar-refractivity contribution in [2.75, 3.05) is 25.1 Å². The van der Waals surface area contributed by atoms with Crippen LogP contribution in [0.1, 0.15) is 26.2 Å². The third-order valence-electron chi connectivity index (χ3n) is 2.63. The molecule has 3 nitrogen and oxygen atoms in total. The van der Waals surface area contributed by atoms with Crippen LogP contribution in [0.4, 0.5) is 0 Å². The van der Waals surface area contributed by atoms with Crippen LogP contribution in [0.3, 0.4) is 0 Å². The molecule has 1 aliphatic carbocycles. The van der Waals surface area contributed by atoms with Gasteiger partial charge in [-0.05, 0) is 30.9 Å². The van der Waals surface area contributed by atoms with Crippen molar-refractivity contribution in [1.82, 2.24) is 4.90 Å². The number of carbonyl (C=O) groups is 1. The fourth-order valence-corrected chi connectivity index (χ4v) is 2.25. The third kappa shape index (κ3) is 4.89. The summed E-state index contributed by atoms with van der Waals surface area (Å²) in [5.74, 6) is 2.16. The van der Waals surface area contributed by atoms with E-state index in [1.807, 2.05) is 0 Å². The maximum Gasteiger partial charge on any atom is 0.232 e. The van der Waals surface area contributed by atoms with Crippen molar-refractivity contribution < 1.29 is 9.90 Å². The Hall–Kier alpha value is -0.220. The van der Waals surface area contributed by atoms with Crippen LogP contribution < -0.4 is 0 Å². The molecule has 0 aliphatic heterocycles. The molecular weight excluding hydrogens is 210 g/mol. The number of rotatable bonds is 7. The van der Waals surface area contributed by atoms with Crippen molar-refractivity contribution in [3.05, 3.63) is 0 Å². The summed E-state index contributed by atoms with van der Waals surface area (Å²) in [7, 11) is 1.78. The predicted molar refractivity (Wildman–Crippen MR) is 64.0 cm³/mol. The Morgan fingerprint density at radius 1 is 1.60 bits per heavy atom. The fourth-order valence-electron chi connectivity index (χ4n) is 1.43. The summed E-state index contributed by atoms with van der Waals surface area (Å²) in [5.41, 5.74) is 0. The van der Waals surface area contributed by atoms with Gasteiger partial charge in [0.15, 0.2) is 0 Å². The van der Waals surface area contributed by atoms with Gasteiger partial charge in [-0.1, -0.05) is 6.92 Å². The first-order valence-electron chi connectivity index (χ1n) is 5.65. The van der Waals surface area contributed by atoms with Crippen LogP contribution in [0.5, 0.6) is 0 Å². The number of carbonyl (C=O) groups excluding carboxylic acids is 1. The summed E-state index contributed by atoms with van der Waals surface area (Å²) in [6.45, 7) is 2.61. The second kappa shape index (κ2) is 6.38. The Labute approximate surface area is 96.2 Å². The lowest BCUT2D eigenvalue weighted by atomic mass is 10.2. The highest BCUT2D eigenvalue weighted by Gasteiger charge is 2.30. The zero-order valence-corrected chi connectivity index (χ0v) is 10.4. The molecule has 0 bridgehead atoms. The van der Waals surface area contributed by atoms with Crippen molar-refractivity contribution in [2.45, 2.75) is 32.3 Å². The molecule has 0 spiro atoms. The molecule has 1 aliphatic rings. The predicted octanol–water partition coefficient (Wildman–Crippen LogP) is 1.36. The summed E-state index contributed by atoms with van der Waals surface area (Å²) >= 11 is 1.67. The highest BCUT2D eigenvalue weighted by molar-refractivity contribution is 7.99. The van der Waals surface area contributed by atoms with Crippen LogP contribution in [0.25, 0.3) is 0 Å². The Balaban J connectivity index is 2.13. The van der Waals surface area contributed by atoms with Gasteiger partial charge in [0, 0.05) is 13.6 Å². The minimum Gasteiger partial charge on any atom is -0.391 e. The summed E-state index contributed by atoms with van der Waals surface area (Å²) in [4.78, 5) is 13.2. The molecule has 1 fully saturated rings. The Morgan fingerprint density at radius 2 is 2.27 bits per heavy atom. The normalized spacial score (nSPS) is 17.5. The highest BCUT2D eigenvalue weighted by Crippen LogP contribution is 2.32. The standard InChI is InChI=1S/C11H21NO2S/c1-3-6-15-8-11(14)12(2)7-10(13)9-4-5-9/h9-10,13H,3-8H2,1-2H3. The first kappa shape index (κ1) is 12.8. The molecule has 1 unspecified atom stereocenters. The number of nitrogens with zero attached hydrogens (tertiary/aromatic N) is 1. The number of likely N-dealkylation sites (N-methyl/N-ethyl adjacent to an activating group) is 1. The summed E-state index contributed by atoms with van der Waals surface area (Å²) < 4.78 is 0. The zero-order valence-electron chi connectivity index (χ0n) is 9.61. The second-order valence-electron chi connectivity index (χ2n) is 4.23. The molecule has 1 amide bonds. The molecular formula is C11H21NO2S. The third-order valence-corrected chi connectivity index (χ3v) is 3.77. The topological polar surface area (TPSA) is 40.5 Å². The highest BCUT2D eigenvalue weighted by atomic mass is 32.2. The summed E-state index contributed by atoms with van der Waals surface area (Å²) in [6, 6.07) is 0. The Bertz CT molecular complexity index is 207. The number of aliphatic hydroxyl groups excluding tert-OH is 1. The van der Waals surface area contributed by atoms with E-state index in [9.17, 15) is 9.90 Å². The van der Waals surface area contributed by atoms with E-state index in [0.29, 0.717) is 18.2 Å². The molecule has 4 heteroatoms. The van der Waals surface area contributed by atoms with Gasteiger partial charge in [0.2, 0.25) is 5.91 Å². The van der Waals surface area contributed by atoms with Crippen LogP contribution in [0.15, 0.2) is 0 Å². The number of amides is 1. The van der Waals surface area contributed by atoms with E-state index in [0.717, 1.165) is 25.0 Å². The quantitative estimate of drug-likeness (QED) is 0.673. The van der Waals surface area contributed by atoms with E-state index in [4.69, 9.17) is 0 Å². The van der Waals surface area contributed by atoms with E-state index in [2.05, 4.69) is 6.92 Å². The van der Waals surface area contributed by atoms with Gasteiger partial charge in [0.05, 0.1) is 11.9 Å². The van der Waals surface area contributed by atoms with E-state index < -0.39 is 0 Å². The van der Waals surface area contributed by atoms with Gasteiger partial charge in [0.25, 0.3) is 0 Å². The van der Waals surface area contributed by atoms with Crippen molar-refractivity contribution >= 4 is 17.7 Å². The summed E-state index contributed by atoms with van der Waals surface area (Å²) in [5, 5.41) is 9.68. The lowest BCUT2D eigenvalue weighted by molar-refractivity contribution is -0.128. The minimum atomic E-state index is -0.310. The van der Waals surface area contributed by atoms with Gasteiger partial charge in [-0.25, -0.2) is 0 Å². The molecule has 1 saturated carbocycles. The lowest BCUT2D eigenvalue weighted by Crippen LogP contribution is -2.36. The SMILES string of the molecule is CCCSCC(=O)N(C)CC(O)C1CC1. The average molecular weight is 231 g/mol. The van der Waals surface area contributed by atoms with E-state index in [1.165, 1.54) is 0 Å². The van der Waals surface area contributed by atoms with Crippen LogP contribution in [0.2, 0.25) is 0 Å². The average Bonchev–Trinajstić information content (AvgIpc) is 3.00. The monoisotopic (exact) mass is 231 g/mol. The fraction of sp³-hybridized carbons (Fsp3) is 0.909. The van der Waals surface area contributed by atoms with E-state index in [-0.39, 0.29) is 12.0 Å². The van der Waals surface area contributed by atoms with Crippen molar-refractivity contribution in [1.29, 1.82) is 0 Å². The van der Waals surface area contributed by atoms with Gasteiger partial charge in [0.1, 0.15) is 0 Å². The Morgan fingerprint density at radius 3 is 2.80 bits per heavy atom. The Kier molecular flexibility index (Phi) is 5.47. The van der Waals surface area contributed by atoms with E-state index in [1.54, 1.807) is 23.7 Å². The van der Waals surface area contributed by atoms with Crippen molar-refractivity contribution in [3.63, 3.8) is 0 Å². The number of hydrogen-bond donors (Lipinski definition) is 1. The molecule has 0 heterocycles. The first-order chi connectivity index (χ1) is 7.15. The van der Waals surface area contributed by atoms with Crippen molar-refractivity contribution in [3.8, 4) is 0 Å². The second-order valence-corrected chi connectivity index (χ2v) is 5.34. The molecule has 88 valence electrons. The molecule has 0 aromatic rings. The van der Waals surface area contributed by atoms with Gasteiger partial charge >= 0.3 is 0 Å². The lowest BCUT2D eigenvalue weighted by Gasteiger charge is -2.20. The van der Waals surface area contributed by atoms with Gasteiger partial charge < -0.3 is 10.0 Å². The van der Waals surface area contributed by atoms with Crippen LogP contribution in [0, 0.1) is 5.92 Å². The molecule has 1 N–H and O–H groups in total. The maximum atomic E-state index is 11.6. The molecule has 0 radical (unpaired) electrons. The summed E-state index contributed by atoms with van der Waals surface area (Å²) in [6.07, 6.45) is 3.03. The molecule has 0 aromatic heterocycles. The smallest absolute Gasteiger partial charge is 0.232 e. The molecule has 0 saturated heterocycles. The molecule has 1 atom stereocenters. The minimum absolute atomic E-state index is 0.133. The first-order valence-corrected chi connectivity index (χ1v) is 6.80. The van der Waals surface area contributed by atoms with Gasteiger partial charge in [-0.2, -0.15) is 11.8 Å². The van der Waals surface area contributed by atoms with Crippen molar-refractivity contribution in [2.24, 2.45) is 5.92 Å². The molecule has 15 heavy (non-hydrogen) atoms. The van der Waals surface area contributed by atoms with Gasteiger partial charge in [-0.15, -0.1) is 0 Å². The largest absolute Gasteiger partial charge is 0.391 e. The van der Waals surface area contributed by atoms with E-state index >= 15 is 0 Å².